The molecule has 0 saturated heterocycles. The van der Waals surface area contributed by atoms with Gasteiger partial charge in [-0.25, -0.2) is 4.79 Å². The number of nitriles is 1. The molecule has 0 unspecified atom stereocenters. The molecule has 1 N–H and O–H groups in total. The lowest BCUT2D eigenvalue weighted by molar-refractivity contribution is -0.119. The second-order valence-corrected chi connectivity index (χ2v) is 7.05. The number of anilines is 1. The van der Waals surface area contributed by atoms with Crippen LogP contribution in [0.15, 0.2) is 35.2 Å². The van der Waals surface area contributed by atoms with Gasteiger partial charge in [-0.3, -0.25) is 4.79 Å². The fourth-order valence-corrected chi connectivity index (χ4v) is 3.12. The largest absolute Gasteiger partial charge is 0.452 e. The Morgan fingerprint density at radius 1 is 1.15 bits per heavy atom. The summed E-state index contributed by atoms with van der Waals surface area (Å²) in [6.45, 7) is 3.21. The smallest absolute Gasteiger partial charge is 0.338 e. The van der Waals surface area contributed by atoms with Crippen LogP contribution in [0.25, 0.3) is 0 Å². The summed E-state index contributed by atoms with van der Waals surface area (Å²) in [5.41, 5.74) is 2.46. The average molecular weight is 409 g/mol. The quantitative estimate of drug-likeness (QED) is 0.428. The van der Waals surface area contributed by atoms with Crippen LogP contribution in [0.5, 0.6) is 0 Å². The molecule has 134 valence electrons. The molecule has 0 saturated carbocycles. The number of benzene rings is 2. The van der Waals surface area contributed by atoms with Crippen LogP contribution in [0.4, 0.5) is 5.69 Å². The molecule has 0 aliphatic carbocycles. The van der Waals surface area contributed by atoms with Crippen molar-refractivity contribution in [2.75, 3.05) is 11.9 Å². The molecule has 0 bridgehead atoms. The molecule has 0 atom stereocenters. The van der Waals surface area contributed by atoms with Gasteiger partial charge in [0.2, 0.25) is 0 Å². The van der Waals surface area contributed by atoms with Crippen molar-refractivity contribution in [3.05, 3.63) is 57.1 Å². The van der Waals surface area contributed by atoms with E-state index >= 15 is 0 Å². The summed E-state index contributed by atoms with van der Waals surface area (Å²) in [5, 5.41) is 14.0. The van der Waals surface area contributed by atoms with Crippen molar-refractivity contribution in [2.45, 2.75) is 18.7 Å². The van der Waals surface area contributed by atoms with E-state index in [-0.39, 0.29) is 10.6 Å². The molecule has 0 radical (unpaired) electrons. The maximum atomic E-state index is 12.1. The Balaban J connectivity index is 2.00. The molecule has 8 heteroatoms. The Labute approximate surface area is 165 Å². The molecule has 2 rings (SSSR count). The van der Waals surface area contributed by atoms with E-state index in [1.807, 2.05) is 19.2 Å². The molecule has 0 fully saturated rings. The van der Waals surface area contributed by atoms with E-state index in [9.17, 15) is 9.59 Å². The summed E-state index contributed by atoms with van der Waals surface area (Å²) in [5.74, 6) is -1.14. The predicted molar refractivity (Wildman–Crippen MR) is 103 cm³/mol. The number of ether oxygens (including phenoxy) is 1. The highest BCUT2D eigenvalue weighted by Gasteiger charge is 2.14. The minimum Gasteiger partial charge on any atom is -0.452 e. The first-order chi connectivity index (χ1) is 12.3. The molecule has 0 spiro atoms. The van der Waals surface area contributed by atoms with Crippen LogP contribution in [0.1, 0.15) is 21.5 Å². The van der Waals surface area contributed by atoms with Gasteiger partial charge in [0, 0.05) is 10.6 Å². The average Bonchev–Trinajstić information content (AvgIpc) is 2.58. The van der Waals surface area contributed by atoms with Crippen molar-refractivity contribution in [3.8, 4) is 5.40 Å². The molecule has 2 aromatic rings. The summed E-state index contributed by atoms with van der Waals surface area (Å²) >= 11 is 12.7. The number of esters is 1. The zero-order chi connectivity index (χ0) is 19.3. The molecule has 26 heavy (non-hydrogen) atoms. The number of carbonyl (C=O) groups excluding carboxylic acids is 2. The van der Waals surface area contributed by atoms with Crippen LogP contribution in [0, 0.1) is 24.5 Å². The fourth-order valence-electron chi connectivity index (χ4n) is 2.25. The van der Waals surface area contributed by atoms with Gasteiger partial charge >= 0.3 is 5.97 Å². The molecular formula is C18H14Cl2N2O3S. The maximum Gasteiger partial charge on any atom is 0.338 e. The summed E-state index contributed by atoms with van der Waals surface area (Å²) in [6.07, 6.45) is 0. The van der Waals surface area contributed by atoms with Crippen LogP contribution < -0.4 is 5.32 Å². The first kappa shape index (κ1) is 20.1. The van der Waals surface area contributed by atoms with Crippen LogP contribution >= 0.6 is 35.0 Å². The van der Waals surface area contributed by atoms with Gasteiger partial charge in [0.25, 0.3) is 5.91 Å². The van der Waals surface area contributed by atoms with Crippen molar-refractivity contribution in [2.24, 2.45) is 0 Å². The van der Waals surface area contributed by atoms with E-state index in [1.165, 1.54) is 18.2 Å². The minimum absolute atomic E-state index is 0.206. The van der Waals surface area contributed by atoms with Crippen molar-refractivity contribution in [3.63, 3.8) is 0 Å². The number of rotatable bonds is 5. The molecule has 0 aliphatic heterocycles. The molecule has 0 aromatic heterocycles. The summed E-state index contributed by atoms with van der Waals surface area (Å²) in [6, 6.07) is 7.93. The third-order valence-electron chi connectivity index (χ3n) is 3.42. The number of nitrogens with zero attached hydrogens (tertiary/aromatic N) is 1. The van der Waals surface area contributed by atoms with Gasteiger partial charge in [0.05, 0.1) is 15.6 Å². The zero-order valence-electron chi connectivity index (χ0n) is 13.9. The van der Waals surface area contributed by atoms with Crippen LogP contribution in [-0.2, 0) is 9.53 Å². The van der Waals surface area contributed by atoms with Gasteiger partial charge in [-0.15, -0.1) is 0 Å². The van der Waals surface area contributed by atoms with Crippen molar-refractivity contribution in [1.82, 2.24) is 0 Å². The number of hydrogen-bond donors (Lipinski definition) is 1. The molecule has 5 nitrogen and oxygen atoms in total. The first-order valence-corrected chi connectivity index (χ1v) is 8.98. The monoisotopic (exact) mass is 408 g/mol. The highest BCUT2D eigenvalue weighted by molar-refractivity contribution is 8.03. The SMILES string of the molecule is Cc1cc(SC#N)cc(C)c1NC(=O)COC(=O)c1ccc(Cl)c(Cl)c1. The van der Waals surface area contributed by atoms with E-state index in [0.717, 1.165) is 27.8 Å². The predicted octanol–water partition coefficient (Wildman–Crippen LogP) is 4.98. The van der Waals surface area contributed by atoms with Crippen molar-refractivity contribution >= 4 is 52.5 Å². The number of hydrogen-bond acceptors (Lipinski definition) is 5. The van der Waals surface area contributed by atoms with Crippen molar-refractivity contribution in [1.29, 1.82) is 5.26 Å². The Kier molecular flexibility index (Phi) is 6.92. The number of aryl methyl sites for hydroxylation is 2. The van der Waals surface area contributed by atoms with E-state index in [0.29, 0.717) is 10.7 Å². The van der Waals surface area contributed by atoms with Gasteiger partial charge < -0.3 is 10.1 Å². The number of nitrogens with one attached hydrogen (secondary N) is 1. The van der Waals surface area contributed by atoms with Gasteiger partial charge in [0.1, 0.15) is 5.40 Å². The second kappa shape index (κ2) is 8.95. The Morgan fingerprint density at radius 3 is 2.38 bits per heavy atom. The summed E-state index contributed by atoms with van der Waals surface area (Å²) < 4.78 is 5.00. The first-order valence-electron chi connectivity index (χ1n) is 7.41. The molecule has 1 amide bonds. The van der Waals surface area contributed by atoms with Gasteiger partial charge in [-0.2, -0.15) is 5.26 Å². The Bertz CT molecular complexity index is 887. The number of halogens is 2. The third kappa shape index (κ3) is 5.15. The van der Waals surface area contributed by atoms with Gasteiger partial charge in [-0.05, 0) is 67.1 Å². The molecule has 2 aromatic carbocycles. The Morgan fingerprint density at radius 2 is 1.81 bits per heavy atom. The summed E-state index contributed by atoms with van der Waals surface area (Å²) in [4.78, 5) is 24.9. The summed E-state index contributed by atoms with van der Waals surface area (Å²) in [7, 11) is 0. The van der Waals surface area contributed by atoms with Crippen molar-refractivity contribution < 1.29 is 14.3 Å². The van der Waals surface area contributed by atoms with Crippen LogP contribution in [0.3, 0.4) is 0 Å². The van der Waals surface area contributed by atoms with Gasteiger partial charge in [-0.1, -0.05) is 23.2 Å². The zero-order valence-corrected chi connectivity index (χ0v) is 16.3. The fraction of sp³-hybridized carbons (Fsp3) is 0.167. The molecular weight excluding hydrogens is 395 g/mol. The normalized spacial score (nSPS) is 10.1. The maximum absolute atomic E-state index is 12.1. The highest BCUT2D eigenvalue weighted by atomic mass is 35.5. The van der Waals surface area contributed by atoms with Crippen LogP contribution in [-0.4, -0.2) is 18.5 Å². The standard InChI is InChI=1S/C18H14Cl2N2O3S/c1-10-5-13(26-9-21)6-11(2)17(10)22-16(23)8-25-18(24)12-3-4-14(19)15(20)7-12/h3-7H,8H2,1-2H3,(H,22,23). The highest BCUT2D eigenvalue weighted by Crippen LogP contribution is 2.27. The molecule has 0 heterocycles. The molecule has 0 aliphatic rings. The number of amides is 1. The topological polar surface area (TPSA) is 79.2 Å². The lowest BCUT2D eigenvalue weighted by Crippen LogP contribution is -2.22. The number of thioether (sulfide) groups is 1. The lowest BCUT2D eigenvalue weighted by atomic mass is 10.1. The number of thiocyanates is 1. The van der Waals surface area contributed by atoms with E-state index < -0.39 is 18.5 Å². The van der Waals surface area contributed by atoms with Gasteiger partial charge in [0.15, 0.2) is 6.61 Å². The third-order valence-corrected chi connectivity index (χ3v) is 4.73. The van der Waals surface area contributed by atoms with E-state index in [2.05, 4.69) is 5.32 Å². The van der Waals surface area contributed by atoms with E-state index in [1.54, 1.807) is 12.1 Å². The Hall–Kier alpha value is -2.20. The number of carbonyl (C=O) groups is 2. The second-order valence-electron chi connectivity index (χ2n) is 5.38. The van der Waals surface area contributed by atoms with Crippen LogP contribution in [0.2, 0.25) is 10.0 Å². The van der Waals surface area contributed by atoms with E-state index in [4.69, 9.17) is 33.2 Å². The minimum atomic E-state index is -0.673. The lowest BCUT2D eigenvalue weighted by Gasteiger charge is -2.13.